The normalized spacial score (nSPS) is 15.9. The quantitative estimate of drug-likeness (QED) is 0.474. The second-order valence-corrected chi connectivity index (χ2v) is 9.36. The topological polar surface area (TPSA) is 10.4 Å². The first kappa shape index (κ1) is 25.1. The lowest BCUT2D eigenvalue weighted by molar-refractivity contribution is -0.696. The highest BCUT2D eigenvalue weighted by Gasteiger charge is 2.13. The smallest absolute Gasteiger partial charge is 0.205 e. The highest BCUT2D eigenvalue weighted by Crippen LogP contribution is 2.22. The molecule has 4 heteroatoms. The van der Waals surface area contributed by atoms with Crippen LogP contribution in [0, 0.1) is 0 Å². The Bertz CT molecular complexity index is 1050. The predicted molar refractivity (Wildman–Crippen MR) is 146 cm³/mol. The maximum absolute atomic E-state index is 2.48. The summed E-state index contributed by atoms with van der Waals surface area (Å²) in [4.78, 5) is 4.96. The molecule has 2 fully saturated rings. The minimum atomic E-state index is 0. The van der Waals surface area contributed by atoms with Gasteiger partial charge in [0, 0.05) is 61.8 Å². The summed E-state index contributed by atoms with van der Waals surface area (Å²) >= 11 is 0. The van der Waals surface area contributed by atoms with E-state index in [9.17, 15) is 0 Å². The Balaban J connectivity index is 0.00000289. The van der Waals surface area contributed by atoms with E-state index >= 15 is 0 Å². The molecule has 0 atom stereocenters. The van der Waals surface area contributed by atoms with Gasteiger partial charge in [-0.1, -0.05) is 24.3 Å². The van der Waals surface area contributed by atoms with Crippen molar-refractivity contribution < 1.29 is 17.0 Å². The van der Waals surface area contributed by atoms with Crippen LogP contribution in [0.15, 0.2) is 66.7 Å². The number of halogens is 1. The highest BCUT2D eigenvalue weighted by atomic mass is 35.5. The number of rotatable bonds is 7. The van der Waals surface area contributed by atoms with Gasteiger partial charge in [0.2, 0.25) is 11.4 Å². The molecule has 0 radical (unpaired) electrons. The standard InChI is InChI=1S/C31H36N3.ClH/c1-2-34-30(20-14-26-10-16-28(17-11-26)32-22-3-4-23-32)8-7-9-31(34)21-15-27-12-18-29(19-13-27)33-24-5-6-25-33;/h7-21H,2-6,22-25H2,1H3;1H/q+1;/p-1. The lowest BCUT2D eigenvalue weighted by Crippen LogP contribution is -3.00. The molecular formula is C31H36ClN3. The molecule has 0 N–H and O–H groups in total. The molecule has 0 saturated carbocycles. The van der Waals surface area contributed by atoms with Crippen molar-refractivity contribution in [3.8, 4) is 0 Å². The van der Waals surface area contributed by atoms with Crippen molar-refractivity contribution in [3.63, 3.8) is 0 Å². The third-order valence-corrected chi connectivity index (χ3v) is 7.10. The maximum atomic E-state index is 2.48. The summed E-state index contributed by atoms with van der Waals surface area (Å²) in [6, 6.07) is 24.5. The molecule has 3 aromatic rings. The molecule has 2 aliphatic heterocycles. The number of hydrogen-bond acceptors (Lipinski definition) is 2. The largest absolute Gasteiger partial charge is 1.00 e. The Labute approximate surface area is 216 Å². The fourth-order valence-electron chi connectivity index (χ4n) is 5.14. The minimum Gasteiger partial charge on any atom is -1.00 e. The zero-order chi connectivity index (χ0) is 23.2. The molecule has 3 heterocycles. The third kappa shape index (κ3) is 6.15. The summed E-state index contributed by atoms with van der Waals surface area (Å²) in [5, 5.41) is 0. The Kier molecular flexibility index (Phi) is 8.65. The lowest BCUT2D eigenvalue weighted by Gasteiger charge is -2.17. The van der Waals surface area contributed by atoms with E-state index < -0.39 is 0 Å². The Morgan fingerprint density at radius 1 is 0.600 bits per heavy atom. The number of nitrogens with zero attached hydrogens (tertiary/aromatic N) is 3. The number of benzene rings is 2. The number of pyridine rings is 1. The second-order valence-electron chi connectivity index (χ2n) is 9.36. The molecule has 1 aromatic heterocycles. The van der Waals surface area contributed by atoms with E-state index in [0.717, 1.165) is 6.54 Å². The number of hydrogen-bond donors (Lipinski definition) is 0. The molecular weight excluding hydrogens is 450 g/mol. The molecule has 5 rings (SSSR count). The summed E-state index contributed by atoms with van der Waals surface area (Å²) in [6.07, 6.45) is 14.2. The monoisotopic (exact) mass is 485 g/mol. The molecule has 2 aromatic carbocycles. The Hall–Kier alpha value is -3.04. The summed E-state index contributed by atoms with van der Waals surface area (Å²) < 4.78 is 2.37. The van der Waals surface area contributed by atoms with Gasteiger partial charge in [0.05, 0.1) is 0 Å². The van der Waals surface area contributed by atoms with Gasteiger partial charge in [-0.05, 0) is 86.2 Å². The minimum absolute atomic E-state index is 0. The van der Waals surface area contributed by atoms with Crippen LogP contribution in [0.3, 0.4) is 0 Å². The first-order valence-electron chi connectivity index (χ1n) is 12.9. The van der Waals surface area contributed by atoms with Crippen LogP contribution in [0.25, 0.3) is 24.3 Å². The second kappa shape index (κ2) is 12.1. The van der Waals surface area contributed by atoms with Crippen molar-refractivity contribution in [3.05, 3.63) is 89.2 Å². The van der Waals surface area contributed by atoms with Crippen LogP contribution in [-0.4, -0.2) is 26.2 Å². The first-order chi connectivity index (χ1) is 16.8. The van der Waals surface area contributed by atoms with E-state index in [1.165, 1.54) is 85.8 Å². The van der Waals surface area contributed by atoms with E-state index in [4.69, 9.17) is 0 Å². The first-order valence-corrected chi connectivity index (χ1v) is 12.9. The summed E-state index contributed by atoms with van der Waals surface area (Å²) in [6.45, 7) is 7.90. The van der Waals surface area contributed by atoms with Crippen molar-refractivity contribution in [1.29, 1.82) is 0 Å². The van der Waals surface area contributed by atoms with E-state index in [2.05, 4.69) is 112 Å². The van der Waals surface area contributed by atoms with Crippen LogP contribution >= 0.6 is 0 Å². The maximum Gasteiger partial charge on any atom is 0.205 e. The van der Waals surface area contributed by atoms with Crippen LogP contribution in [0.4, 0.5) is 11.4 Å². The summed E-state index contributed by atoms with van der Waals surface area (Å²) in [7, 11) is 0. The van der Waals surface area contributed by atoms with Gasteiger partial charge < -0.3 is 22.2 Å². The predicted octanol–water partition coefficient (Wildman–Crippen LogP) is 3.54. The molecule has 35 heavy (non-hydrogen) atoms. The molecule has 0 amide bonds. The van der Waals surface area contributed by atoms with Crippen molar-refractivity contribution >= 4 is 35.7 Å². The van der Waals surface area contributed by atoms with Crippen LogP contribution in [0.1, 0.15) is 55.1 Å². The van der Waals surface area contributed by atoms with Crippen LogP contribution in [-0.2, 0) is 6.54 Å². The molecule has 0 spiro atoms. The lowest BCUT2D eigenvalue weighted by atomic mass is 10.1. The van der Waals surface area contributed by atoms with Crippen LogP contribution < -0.4 is 26.8 Å². The average molecular weight is 486 g/mol. The van der Waals surface area contributed by atoms with Crippen LogP contribution in [0.5, 0.6) is 0 Å². The molecule has 3 nitrogen and oxygen atoms in total. The SMILES string of the molecule is CC[n+]1c(C=Cc2ccc(N3CCCC3)cc2)cccc1C=Cc1ccc(N2CCCC2)cc1.[Cl-]. The van der Waals surface area contributed by atoms with Gasteiger partial charge >= 0.3 is 0 Å². The van der Waals surface area contributed by atoms with E-state index in [-0.39, 0.29) is 12.4 Å². The zero-order valence-electron chi connectivity index (χ0n) is 20.7. The van der Waals surface area contributed by atoms with Crippen molar-refractivity contribution in [2.24, 2.45) is 0 Å². The highest BCUT2D eigenvalue weighted by molar-refractivity contribution is 5.70. The number of anilines is 2. The molecule has 2 aliphatic rings. The van der Waals surface area contributed by atoms with Gasteiger partial charge in [-0.3, -0.25) is 0 Å². The Morgan fingerprint density at radius 2 is 1.00 bits per heavy atom. The summed E-state index contributed by atoms with van der Waals surface area (Å²) in [5.74, 6) is 0. The van der Waals surface area contributed by atoms with Gasteiger partial charge in [-0.15, -0.1) is 0 Å². The van der Waals surface area contributed by atoms with Gasteiger partial charge in [-0.2, -0.15) is 4.57 Å². The molecule has 0 bridgehead atoms. The van der Waals surface area contributed by atoms with Crippen molar-refractivity contribution in [2.75, 3.05) is 36.0 Å². The van der Waals surface area contributed by atoms with Crippen LogP contribution in [0.2, 0.25) is 0 Å². The molecule has 0 unspecified atom stereocenters. The average Bonchev–Trinajstić information content (AvgIpc) is 3.62. The van der Waals surface area contributed by atoms with Gasteiger partial charge in [0.1, 0.15) is 6.54 Å². The molecule has 0 aliphatic carbocycles. The third-order valence-electron chi connectivity index (χ3n) is 7.10. The Morgan fingerprint density at radius 3 is 1.37 bits per heavy atom. The summed E-state index contributed by atoms with van der Waals surface area (Å²) in [5.41, 5.74) is 7.61. The fourth-order valence-corrected chi connectivity index (χ4v) is 5.14. The van der Waals surface area contributed by atoms with Crippen molar-refractivity contribution in [2.45, 2.75) is 39.2 Å². The van der Waals surface area contributed by atoms with Gasteiger partial charge in [0.25, 0.3) is 0 Å². The van der Waals surface area contributed by atoms with Gasteiger partial charge in [0.15, 0.2) is 0 Å². The van der Waals surface area contributed by atoms with E-state index in [1.54, 1.807) is 0 Å². The van der Waals surface area contributed by atoms with E-state index in [1.807, 2.05) is 0 Å². The molecule has 2 saturated heterocycles. The number of aromatic nitrogens is 1. The fraction of sp³-hybridized carbons (Fsp3) is 0.323. The zero-order valence-corrected chi connectivity index (χ0v) is 21.5. The van der Waals surface area contributed by atoms with Crippen molar-refractivity contribution in [1.82, 2.24) is 0 Å². The molecule has 182 valence electrons. The van der Waals surface area contributed by atoms with E-state index in [0.29, 0.717) is 0 Å². The van der Waals surface area contributed by atoms with Gasteiger partial charge in [-0.25, -0.2) is 0 Å².